The second kappa shape index (κ2) is 5.72. The van der Waals surface area contributed by atoms with Crippen LogP contribution in [0.1, 0.15) is 18.9 Å². The summed E-state index contributed by atoms with van der Waals surface area (Å²) in [4.78, 5) is 12.3. The fourth-order valence-corrected chi connectivity index (χ4v) is 1.49. The first-order valence-electron chi connectivity index (χ1n) is 5.26. The minimum atomic E-state index is -0.887. The molecule has 0 aliphatic rings. The quantitative estimate of drug-likeness (QED) is 0.862. The average Bonchev–Trinajstić information content (AvgIpc) is 2.22. The number of hydrogen-bond acceptors (Lipinski definition) is 2. The van der Waals surface area contributed by atoms with Gasteiger partial charge in [0.05, 0.1) is 6.42 Å². The molecule has 0 bridgehead atoms. The summed E-state index contributed by atoms with van der Waals surface area (Å²) in [7, 11) is 1.74. The Labute approximate surface area is 98.7 Å². The highest BCUT2D eigenvalue weighted by Crippen LogP contribution is 2.12. The Hall–Kier alpha value is -1.49. The summed E-state index contributed by atoms with van der Waals surface area (Å²) in [6, 6.07) is 3.52. The summed E-state index contributed by atoms with van der Waals surface area (Å²) in [6.07, 6.45) is 0.0141. The van der Waals surface area contributed by atoms with Crippen LogP contribution in [0.3, 0.4) is 0 Å². The van der Waals surface area contributed by atoms with Gasteiger partial charge in [0, 0.05) is 12.6 Å². The molecule has 0 amide bonds. The van der Waals surface area contributed by atoms with E-state index in [9.17, 15) is 13.6 Å². The molecule has 0 aromatic heterocycles. The molecule has 0 fully saturated rings. The Balaban J connectivity index is 2.64. The van der Waals surface area contributed by atoms with Crippen LogP contribution >= 0.6 is 0 Å². The standard InChI is InChI=1S/C12H15F2NO2/c1-8(5-12(16)17)15(2)7-9-3-4-10(13)11(14)6-9/h3-4,6,8H,5,7H2,1-2H3,(H,16,17). The summed E-state index contributed by atoms with van der Waals surface area (Å²) in [5.74, 6) is -2.65. The highest BCUT2D eigenvalue weighted by Gasteiger charge is 2.14. The third kappa shape index (κ3) is 4.11. The van der Waals surface area contributed by atoms with Crippen LogP contribution in [0.2, 0.25) is 0 Å². The fraction of sp³-hybridized carbons (Fsp3) is 0.417. The molecule has 17 heavy (non-hydrogen) atoms. The number of halogens is 2. The molecular formula is C12H15F2NO2. The Morgan fingerprint density at radius 3 is 2.59 bits per heavy atom. The first-order valence-corrected chi connectivity index (χ1v) is 5.26. The van der Waals surface area contributed by atoms with Gasteiger partial charge < -0.3 is 5.11 Å². The lowest BCUT2D eigenvalue weighted by Gasteiger charge is -2.23. The predicted octanol–water partition coefficient (Wildman–Crippen LogP) is 2.26. The maximum atomic E-state index is 13.0. The van der Waals surface area contributed by atoms with Crippen molar-refractivity contribution in [3.63, 3.8) is 0 Å². The number of rotatable bonds is 5. The van der Waals surface area contributed by atoms with Crippen LogP contribution in [0.5, 0.6) is 0 Å². The molecule has 0 saturated carbocycles. The molecule has 0 saturated heterocycles. The van der Waals surface area contributed by atoms with Gasteiger partial charge in [0.25, 0.3) is 0 Å². The smallest absolute Gasteiger partial charge is 0.304 e. The number of nitrogens with zero attached hydrogens (tertiary/aromatic N) is 1. The number of hydrogen-bond donors (Lipinski definition) is 1. The van der Waals surface area contributed by atoms with E-state index in [1.807, 2.05) is 0 Å². The highest BCUT2D eigenvalue weighted by atomic mass is 19.2. The van der Waals surface area contributed by atoms with Gasteiger partial charge in [-0.15, -0.1) is 0 Å². The number of carboxylic acid groups (broad SMARTS) is 1. The van der Waals surface area contributed by atoms with Gasteiger partial charge in [-0.3, -0.25) is 9.69 Å². The number of carboxylic acids is 1. The Bertz CT molecular complexity index is 409. The van der Waals surface area contributed by atoms with Crippen LogP contribution < -0.4 is 0 Å². The van der Waals surface area contributed by atoms with Gasteiger partial charge in [-0.05, 0) is 31.7 Å². The molecule has 1 unspecified atom stereocenters. The van der Waals surface area contributed by atoms with E-state index in [-0.39, 0.29) is 12.5 Å². The van der Waals surface area contributed by atoms with Crippen molar-refractivity contribution in [2.75, 3.05) is 7.05 Å². The Morgan fingerprint density at radius 1 is 1.41 bits per heavy atom. The molecule has 1 N–H and O–H groups in total. The van der Waals surface area contributed by atoms with Gasteiger partial charge in [0.15, 0.2) is 11.6 Å². The zero-order valence-corrected chi connectivity index (χ0v) is 9.78. The van der Waals surface area contributed by atoms with Crippen molar-refractivity contribution in [1.29, 1.82) is 0 Å². The van der Waals surface area contributed by atoms with E-state index in [0.717, 1.165) is 12.1 Å². The first kappa shape index (κ1) is 13.6. The summed E-state index contributed by atoms with van der Waals surface area (Å²) in [5.41, 5.74) is 0.614. The van der Waals surface area contributed by atoms with E-state index < -0.39 is 17.6 Å². The van der Waals surface area contributed by atoms with Crippen molar-refractivity contribution >= 4 is 5.97 Å². The van der Waals surface area contributed by atoms with E-state index in [1.165, 1.54) is 6.07 Å². The van der Waals surface area contributed by atoms with E-state index in [1.54, 1.807) is 18.9 Å². The summed E-state index contributed by atoms with van der Waals surface area (Å²) < 4.78 is 25.7. The molecule has 1 aromatic rings. The van der Waals surface area contributed by atoms with Crippen molar-refractivity contribution in [2.24, 2.45) is 0 Å². The molecule has 1 aromatic carbocycles. The van der Waals surface area contributed by atoms with E-state index in [0.29, 0.717) is 12.1 Å². The van der Waals surface area contributed by atoms with Gasteiger partial charge >= 0.3 is 5.97 Å². The third-order valence-electron chi connectivity index (χ3n) is 2.64. The number of carbonyl (C=O) groups is 1. The highest BCUT2D eigenvalue weighted by molar-refractivity contribution is 5.67. The molecule has 0 aliphatic carbocycles. The lowest BCUT2D eigenvalue weighted by atomic mass is 10.1. The largest absolute Gasteiger partial charge is 0.481 e. The fourth-order valence-electron chi connectivity index (χ4n) is 1.49. The number of benzene rings is 1. The Kier molecular flexibility index (Phi) is 4.57. The molecule has 5 heteroatoms. The zero-order chi connectivity index (χ0) is 13.0. The minimum absolute atomic E-state index is 0.0141. The second-order valence-corrected chi connectivity index (χ2v) is 4.11. The van der Waals surface area contributed by atoms with Crippen molar-refractivity contribution in [3.05, 3.63) is 35.4 Å². The second-order valence-electron chi connectivity index (χ2n) is 4.11. The van der Waals surface area contributed by atoms with Gasteiger partial charge in [-0.25, -0.2) is 8.78 Å². The molecule has 0 heterocycles. The van der Waals surface area contributed by atoms with E-state index in [4.69, 9.17) is 5.11 Å². The van der Waals surface area contributed by atoms with Gasteiger partial charge in [0.1, 0.15) is 0 Å². The minimum Gasteiger partial charge on any atom is -0.481 e. The summed E-state index contributed by atoms with van der Waals surface area (Å²) in [6.45, 7) is 2.15. The lowest BCUT2D eigenvalue weighted by molar-refractivity contribution is -0.138. The maximum absolute atomic E-state index is 13.0. The van der Waals surface area contributed by atoms with E-state index in [2.05, 4.69) is 0 Å². The van der Waals surface area contributed by atoms with Gasteiger partial charge in [-0.2, -0.15) is 0 Å². The predicted molar refractivity (Wildman–Crippen MR) is 59.5 cm³/mol. The van der Waals surface area contributed by atoms with Crippen LogP contribution in [0.15, 0.2) is 18.2 Å². The summed E-state index contributed by atoms with van der Waals surface area (Å²) >= 11 is 0. The summed E-state index contributed by atoms with van der Waals surface area (Å²) in [5, 5.41) is 8.64. The third-order valence-corrected chi connectivity index (χ3v) is 2.64. The lowest BCUT2D eigenvalue weighted by Crippen LogP contribution is -2.30. The molecule has 0 spiro atoms. The van der Waals surface area contributed by atoms with E-state index >= 15 is 0 Å². The molecule has 0 radical (unpaired) electrons. The average molecular weight is 243 g/mol. The first-order chi connectivity index (χ1) is 7.90. The molecular weight excluding hydrogens is 228 g/mol. The SMILES string of the molecule is CC(CC(=O)O)N(C)Cc1ccc(F)c(F)c1. The number of aliphatic carboxylic acids is 1. The van der Waals surface area contributed by atoms with Crippen LogP contribution in [0.25, 0.3) is 0 Å². The normalized spacial score (nSPS) is 12.8. The van der Waals surface area contributed by atoms with Crippen LogP contribution in [-0.2, 0) is 11.3 Å². The molecule has 0 aliphatic heterocycles. The molecule has 94 valence electrons. The monoisotopic (exact) mass is 243 g/mol. The molecule has 3 nitrogen and oxygen atoms in total. The van der Waals surface area contributed by atoms with Crippen LogP contribution in [0, 0.1) is 11.6 Å². The zero-order valence-electron chi connectivity index (χ0n) is 9.78. The molecule has 1 atom stereocenters. The van der Waals surface area contributed by atoms with Crippen LogP contribution in [0.4, 0.5) is 8.78 Å². The topological polar surface area (TPSA) is 40.5 Å². The van der Waals surface area contributed by atoms with Crippen molar-refractivity contribution in [1.82, 2.24) is 4.90 Å². The van der Waals surface area contributed by atoms with Crippen molar-refractivity contribution < 1.29 is 18.7 Å². The van der Waals surface area contributed by atoms with Crippen molar-refractivity contribution in [3.8, 4) is 0 Å². The molecule has 1 rings (SSSR count). The van der Waals surface area contributed by atoms with Gasteiger partial charge in [-0.1, -0.05) is 6.07 Å². The van der Waals surface area contributed by atoms with Gasteiger partial charge in [0.2, 0.25) is 0 Å². The van der Waals surface area contributed by atoms with Crippen molar-refractivity contribution in [2.45, 2.75) is 25.9 Å². The maximum Gasteiger partial charge on any atom is 0.304 e. The van der Waals surface area contributed by atoms with Crippen LogP contribution in [-0.4, -0.2) is 29.1 Å². The Morgan fingerprint density at radius 2 is 2.06 bits per heavy atom.